The second-order valence-electron chi connectivity index (χ2n) is 7.22. The average Bonchev–Trinajstić information content (AvgIpc) is 2.93. The van der Waals surface area contributed by atoms with Crippen molar-refractivity contribution in [3.8, 4) is 0 Å². The molecule has 0 spiro atoms. The molecule has 0 saturated carbocycles. The van der Waals surface area contributed by atoms with Crippen LogP contribution in [0.2, 0.25) is 0 Å². The van der Waals surface area contributed by atoms with Gasteiger partial charge in [0.25, 0.3) is 11.8 Å². The molecule has 7 heteroatoms. The summed E-state index contributed by atoms with van der Waals surface area (Å²) >= 11 is 0. The minimum atomic E-state index is -0.939. The topological polar surface area (TPSA) is 95.6 Å². The van der Waals surface area contributed by atoms with Gasteiger partial charge in [0, 0.05) is 18.7 Å². The average molecular weight is 384 g/mol. The molecule has 2 aliphatic heterocycles. The number of carbonyl (C=O) groups is 4. The number of anilines is 1. The van der Waals surface area contributed by atoms with Gasteiger partial charge in [-0.1, -0.05) is 45.1 Å². The maximum atomic E-state index is 13.0. The first-order chi connectivity index (χ1) is 13.5. The van der Waals surface area contributed by atoms with Gasteiger partial charge in [-0.2, -0.15) is 0 Å². The van der Waals surface area contributed by atoms with Crippen LogP contribution in [-0.4, -0.2) is 41.1 Å². The summed E-state index contributed by atoms with van der Waals surface area (Å²) in [6.07, 6.45) is 6.79. The molecule has 0 aliphatic carbocycles. The summed E-state index contributed by atoms with van der Waals surface area (Å²) in [5.41, 5.74) is 1.23. The molecule has 1 unspecified atom stereocenters. The van der Waals surface area contributed by atoms with Gasteiger partial charge in [0.2, 0.25) is 11.8 Å². The highest BCUT2D eigenvalue weighted by atomic mass is 16.2. The Kier molecular flexibility index (Phi) is 6.44. The molecule has 28 heavy (non-hydrogen) atoms. The number of carbonyl (C=O) groups excluding carboxylic acids is 4. The molecule has 0 bridgehead atoms. The molecular formula is C21H26N3O4. The third-order valence-corrected chi connectivity index (χ3v) is 5.21. The summed E-state index contributed by atoms with van der Waals surface area (Å²) in [7, 11) is 0. The van der Waals surface area contributed by atoms with Crippen LogP contribution in [0.15, 0.2) is 18.2 Å². The largest absolute Gasteiger partial charge is 0.384 e. The van der Waals surface area contributed by atoms with Crippen molar-refractivity contribution in [1.82, 2.24) is 10.2 Å². The predicted octanol–water partition coefficient (Wildman–Crippen LogP) is 2.67. The van der Waals surface area contributed by atoms with Gasteiger partial charge < -0.3 is 5.32 Å². The number of rotatable bonds is 9. The summed E-state index contributed by atoms with van der Waals surface area (Å²) in [5, 5.41) is 5.47. The van der Waals surface area contributed by atoms with Gasteiger partial charge in [-0.25, -0.2) is 0 Å². The summed E-state index contributed by atoms with van der Waals surface area (Å²) in [5.74, 6) is -1.93. The molecule has 0 aromatic heterocycles. The van der Waals surface area contributed by atoms with Crippen LogP contribution in [0.4, 0.5) is 5.69 Å². The van der Waals surface area contributed by atoms with Gasteiger partial charge in [0.1, 0.15) is 6.04 Å². The molecule has 1 atom stereocenters. The number of hydrogen-bond acceptors (Lipinski definition) is 5. The maximum Gasteiger partial charge on any atom is 0.264 e. The van der Waals surface area contributed by atoms with Crippen LogP contribution in [0.25, 0.3) is 0 Å². The second kappa shape index (κ2) is 8.99. The van der Waals surface area contributed by atoms with E-state index in [-0.39, 0.29) is 18.7 Å². The van der Waals surface area contributed by atoms with E-state index in [1.54, 1.807) is 18.2 Å². The highest BCUT2D eigenvalue weighted by molar-refractivity contribution is 6.25. The predicted molar refractivity (Wildman–Crippen MR) is 105 cm³/mol. The zero-order valence-electron chi connectivity index (χ0n) is 16.0. The fourth-order valence-corrected chi connectivity index (χ4v) is 3.72. The van der Waals surface area contributed by atoms with Crippen molar-refractivity contribution >= 4 is 29.3 Å². The molecule has 2 N–H and O–H groups in total. The first-order valence-electron chi connectivity index (χ1n) is 9.92. The molecule has 4 amide bonds. The Morgan fingerprint density at radius 1 is 1.04 bits per heavy atom. The van der Waals surface area contributed by atoms with Crippen molar-refractivity contribution in [2.75, 3.05) is 11.9 Å². The van der Waals surface area contributed by atoms with E-state index in [1.165, 1.54) is 6.42 Å². The lowest BCUT2D eigenvalue weighted by Crippen LogP contribution is -2.54. The SMILES string of the molecule is [CH2]CCCCCCCNc1cccc2c1C(=O)N(C1CCC(=O)NC1=O)C2=O. The Morgan fingerprint density at radius 3 is 2.54 bits per heavy atom. The Hall–Kier alpha value is -2.70. The van der Waals surface area contributed by atoms with Crippen LogP contribution >= 0.6 is 0 Å². The molecule has 1 aromatic carbocycles. The number of benzene rings is 1. The molecule has 1 radical (unpaired) electrons. The van der Waals surface area contributed by atoms with E-state index in [2.05, 4.69) is 17.6 Å². The molecule has 1 saturated heterocycles. The number of nitrogens with one attached hydrogen (secondary N) is 2. The van der Waals surface area contributed by atoms with Crippen molar-refractivity contribution < 1.29 is 19.2 Å². The Bertz CT molecular complexity index is 790. The Balaban J connectivity index is 1.66. The summed E-state index contributed by atoms with van der Waals surface area (Å²) in [6, 6.07) is 4.17. The Morgan fingerprint density at radius 2 is 1.79 bits per heavy atom. The van der Waals surface area contributed by atoms with Crippen molar-refractivity contribution in [3.63, 3.8) is 0 Å². The fraction of sp³-hybridized carbons (Fsp3) is 0.476. The van der Waals surface area contributed by atoms with Gasteiger partial charge in [0.05, 0.1) is 11.1 Å². The van der Waals surface area contributed by atoms with Crippen molar-refractivity contribution in [2.45, 2.75) is 57.4 Å². The standard InChI is InChI=1S/C21H26N3O4/c1-2-3-4-5-6-7-13-22-15-10-8-9-14-18(15)21(28)24(20(14)27)16-11-12-17(25)23-19(16)26/h8-10,16,22H,1-7,11-13H2,(H,23,25,26). The lowest BCUT2D eigenvalue weighted by atomic mass is 10.0. The molecule has 2 aliphatic rings. The number of piperidine rings is 1. The Labute approximate surface area is 164 Å². The van der Waals surface area contributed by atoms with Crippen LogP contribution < -0.4 is 10.6 Å². The molecule has 149 valence electrons. The maximum absolute atomic E-state index is 13.0. The van der Waals surface area contributed by atoms with Crippen LogP contribution in [0, 0.1) is 6.92 Å². The van der Waals surface area contributed by atoms with Gasteiger partial charge in [0.15, 0.2) is 0 Å². The third-order valence-electron chi connectivity index (χ3n) is 5.21. The van der Waals surface area contributed by atoms with Crippen LogP contribution in [-0.2, 0) is 9.59 Å². The van der Waals surface area contributed by atoms with E-state index in [0.717, 1.165) is 37.0 Å². The zero-order chi connectivity index (χ0) is 20.1. The summed E-state index contributed by atoms with van der Waals surface area (Å²) in [6.45, 7) is 4.55. The first kappa shape index (κ1) is 20.0. The quantitative estimate of drug-likeness (QED) is 0.504. The van der Waals surface area contributed by atoms with Gasteiger partial charge in [-0.3, -0.25) is 29.4 Å². The van der Waals surface area contributed by atoms with E-state index in [1.807, 2.05) is 0 Å². The van der Waals surface area contributed by atoms with E-state index in [0.29, 0.717) is 23.4 Å². The van der Waals surface area contributed by atoms with Crippen LogP contribution in [0.1, 0.15) is 72.1 Å². The highest BCUT2D eigenvalue weighted by Crippen LogP contribution is 2.32. The van der Waals surface area contributed by atoms with E-state index in [4.69, 9.17) is 0 Å². The number of fused-ring (bicyclic) bond motifs is 1. The summed E-state index contributed by atoms with van der Waals surface area (Å²) < 4.78 is 0. The van der Waals surface area contributed by atoms with E-state index in [9.17, 15) is 19.2 Å². The monoisotopic (exact) mass is 384 g/mol. The molecule has 3 rings (SSSR count). The summed E-state index contributed by atoms with van der Waals surface area (Å²) in [4.78, 5) is 50.2. The number of amides is 4. The molecule has 1 fully saturated rings. The third kappa shape index (κ3) is 4.08. The van der Waals surface area contributed by atoms with Gasteiger partial charge >= 0.3 is 0 Å². The van der Waals surface area contributed by atoms with E-state index >= 15 is 0 Å². The van der Waals surface area contributed by atoms with Crippen molar-refractivity contribution in [3.05, 3.63) is 36.2 Å². The zero-order valence-corrected chi connectivity index (χ0v) is 16.0. The van der Waals surface area contributed by atoms with Crippen LogP contribution in [0.5, 0.6) is 0 Å². The van der Waals surface area contributed by atoms with E-state index < -0.39 is 23.8 Å². The van der Waals surface area contributed by atoms with Crippen molar-refractivity contribution in [1.29, 1.82) is 0 Å². The number of nitrogens with zero attached hydrogens (tertiary/aromatic N) is 1. The number of unbranched alkanes of at least 4 members (excludes halogenated alkanes) is 5. The molecule has 1 aromatic rings. The first-order valence-corrected chi connectivity index (χ1v) is 9.92. The van der Waals surface area contributed by atoms with Crippen LogP contribution in [0.3, 0.4) is 0 Å². The molecule has 7 nitrogen and oxygen atoms in total. The number of imide groups is 2. The fourth-order valence-electron chi connectivity index (χ4n) is 3.72. The lowest BCUT2D eigenvalue weighted by Gasteiger charge is -2.27. The highest BCUT2D eigenvalue weighted by Gasteiger charge is 2.45. The second-order valence-corrected chi connectivity index (χ2v) is 7.22. The minimum Gasteiger partial charge on any atom is -0.384 e. The number of hydrogen-bond donors (Lipinski definition) is 2. The minimum absolute atomic E-state index is 0.114. The normalized spacial score (nSPS) is 19.0. The lowest BCUT2D eigenvalue weighted by molar-refractivity contribution is -0.136. The van der Waals surface area contributed by atoms with Crippen molar-refractivity contribution in [2.24, 2.45) is 0 Å². The molecule has 2 heterocycles. The van der Waals surface area contributed by atoms with Gasteiger partial charge in [-0.15, -0.1) is 0 Å². The van der Waals surface area contributed by atoms with Gasteiger partial charge in [-0.05, 0) is 25.0 Å². The molecular weight excluding hydrogens is 358 g/mol. The smallest absolute Gasteiger partial charge is 0.264 e.